The van der Waals surface area contributed by atoms with Gasteiger partial charge >= 0.3 is 5.97 Å². The highest BCUT2D eigenvalue weighted by atomic mass is 32.2. The molecule has 160 valence electrons. The van der Waals surface area contributed by atoms with E-state index >= 15 is 0 Å². The van der Waals surface area contributed by atoms with E-state index in [0.717, 1.165) is 12.8 Å². The second kappa shape index (κ2) is 9.27. The molecule has 2 aromatic rings. The number of sulfonamides is 1. The van der Waals surface area contributed by atoms with E-state index in [-0.39, 0.29) is 34.1 Å². The van der Waals surface area contributed by atoms with Crippen LogP contribution in [0.15, 0.2) is 47.4 Å². The smallest absolute Gasteiger partial charge is 0.340 e. The van der Waals surface area contributed by atoms with Gasteiger partial charge in [-0.15, -0.1) is 0 Å². The first-order valence-corrected chi connectivity index (χ1v) is 11.1. The number of amides is 1. The van der Waals surface area contributed by atoms with E-state index in [1.54, 1.807) is 31.2 Å². The fourth-order valence-electron chi connectivity index (χ4n) is 3.27. The molecule has 1 N–H and O–H groups in total. The van der Waals surface area contributed by atoms with E-state index in [9.17, 15) is 18.0 Å². The molecule has 1 saturated heterocycles. The maximum atomic E-state index is 13.0. The minimum absolute atomic E-state index is 0.0222. The molecule has 30 heavy (non-hydrogen) atoms. The van der Waals surface area contributed by atoms with Crippen molar-refractivity contribution in [1.82, 2.24) is 4.31 Å². The lowest BCUT2D eigenvalue weighted by Gasteiger charge is -2.17. The summed E-state index contributed by atoms with van der Waals surface area (Å²) in [5.74, 6) is -0.936. The number of ether oxygens (including phenoxy) is 2. The van der Waals surface area contributed by atoms with Gasteiger partial charge in [-0.25, -0.2) is 13.2 Å². The zero-order chi connectivity index (χ0) is 21.7. The van der Waals surface area contributed by atoms with E-state index in [0.29, 0.717) is 13.1 Å². The van der Waals surface area contributed by atoms with Crippen LogP contribution in [0.3, 0.4) is 0 Å². The second-order valence-electron chi connectivity index (χ2n) is 6.69. The van der Waals surface area contributed by atoms with Crippen LogP contribution >= 0.6 is 0 Å². The van der Waals surface area contributed by atoms with Gasteiger partial charge in [0.2, 0.25) is 10.0 Å². The molecule has 1 heterocycles. The van der Waals surface area contributed by atoms with Crippen molar-refractivity contribution in [2.24, 2.45) is 0 Å². The quantitative estimate of drug-likeness (QED) is 0.675. The van der Waals surface area contributed by atoms with E-state index in [1.807, 2.05) is 0 Å². The van der Waals surface area contributed by atoms with E-state index in [4.69, 9.17) is 9.47 Å². The lowest BCUT2D eigenvalue weighted by molar-refractivity contribution is 0.0527. The summed E-state index contributed by atoms with van der Waals surface area (Å²) in [5.41, 5.74) is 0.514. The van der Waals surface area contributed by atoms with Crippen LogP contribution in [-0.2, 0) is 14.8 Å². The normalized spacial score (nSPS) is 14.3. The topological polar surface area (TPSA) is 102 Å². The molecule has 0 radical (unpaired) electrons. The fourth-order valence-corrected chi connectivity index (χ4v) is 4.81. The molecule has 3 rings (SSSR count). The molecule has 2 aromatic carbocycles. The molecule has 1 aliphatic heterocycles. The molecular weight excluding hydrogens is 408 g/mol. The van der Waals surface area contributed by atoms with Gasteiger partial charge in [-0.3, -0.25) is 4.79 Å². The highest BCUT2D eigenvalue weighted by molar-refractivity contribution is 7.89. The molecule has 9 heteroatoms. The van der Waals surface area contributed by atoms with E-state index < -0.39 is 21.9 Å². The fraction of sp³-hybridized carbons (Fsp3) is 0.333. The third kappa shape index (κ3) is 4.47. The lowest BCUT2D eigenvalue weighted by atomic mass is 10.1. The van der Waals surface area contributed by atoms with Crippen molar-refractivity contribution in [2.75, 3.05) is 32.1 Å². The number of methoxy groups -OCH3 is 1. The van der Waals surface area contributed by atoms with E-state index in [1.165, 1.54) is 29.6 Å². The number of carbonyl (C=O) groups is 2. The predicted molar refractivity (Wildman–Crippen MR) is 111 cm³/mol. The maximum Gasteiger partial charge on any atom is 0.340 e. The third-order valence-electron chi connectivity index (χ3n) is 4.79. The van der Waals surface area contributed by atoms with Crippen LogP contribution in [0.25, 0.3) is 0 Å². The van der Waals surface area contributed by atoms with Gasteiger partial charge < -0.3 is 14.8 Å². The molecule has 0 saturated carbocycles. The van der Waals surface area contributed by atoms with Crippen molar-refractivity contribution in [3.63, 3.8) is 0 Å². The van der Waals surface area contributed by atoms with Gasteiger partial charge in [-0.1, -0.05) is 12.1 Å². The number of nitrogens with zero attached hydrogens (tertiary/aromatic N) is 1. The summed E-state index contributed by atoms with van der Waals surface area (Å²) >= 11 is 0. The second-order valence-corrected chi connectivity index (χ2v) is 8.63. The van der Waals surface area contributed by atoms with E-state index in [2.05, 4.69) is 5.32 Å². The van der Waals surface area contributed by atoms with Gasteiger partial charge in [0, 0.05) is 13.1 Å². The Balaban J connectivity index is 1.94. The van der Waals surface area contributed by atoms with Crippen molar-refractivity contribution >= 4 is 27.6 Å². The highest BCUT2D eigenvalue weighted by Crippen LogP contribution is 2.28. The number of hydrogen-bond donors (Lipinski definition) is 1. The van der Waals surface area contributed by atoms with Gasteiger partial charge in [-0.05, 0) is 50.1 Å². The first-order chi connectivity index (χ1) is 14.4. The average Bonchev–Trinajstić information content (AvgIpc) is 3.29. The molecule has 8 nitrogen and oxygen atoms in total. The van der Waals surface area contributed by atoms with Gasteiger partial charge in [0.05, 0.1) is 35.4 Å². The molecular formula is C21H24N2O6S. The van der Waals surface area contributed by atoms with Crippen molar-refractivity contribution < 1.29 is 27.5 Å². The van der Waals surface area contributed by atoms with Crippen molar-refractivity contribution in [1.29, 1.82) is 0 Å². The largest absolute Gasteiger partial charge is 0.496 e. The standard InChI is InChI=1S/C21H24N2O6S/c1-3-29-21(25)16-8-4-5-9-18(16)22-20(24)17-14-15(10-11-19(17)28-2)30(26,27)23-12-6-7-13-23/h4-5,8-11,14H,3,6-7,12-13H2,1-2H3,(H,22,24). The summed E-state index contributed by atoms with van der Waals surface area (Å²) in [6, 6.07) is 10.6. The number of hydrogen-bond acceptors (Lipinski definition) is 6. The van der Waals surface area contributed by atoms with Crippen LogP contribution in [-0.4, -0.2) is 51.4 Å². The van der Waals surface area contributed by atoms with Crippen LogP contribution in [0.5, 0.6) is 5.75 Å². The van der Waals surface area contributed by atoms with Gasteiger partial charge in [0.25, 0.3) is 5.91 Å². The molecule has 0 aromatic heterocycles. The molecule has 0 atom stereocenters. The summed E-state index contributed by atoms with van der Waals surface area (Å²) in [6.45, 7) is 2.81. The number of rotatable bonds is 7. The van der Waals surface area contributed by atoms with Crippen molar-refractivity contribution in [3.8, 4) is 5.75 Å². The Morgan fingerprint density at radius 2 is 1.77 bits per heavy atom. The Hall–Kier alpha value is -2.91. The zero-order valence-electron chi connectivity index (χ0n) is 16.9. The van der Waals surface area contributed by atoms with Crippen LogP contribution in [0.1, 0.15) is 40.5 Å². The third-order valence-corrected chi connectivity index (χ3v) is 6.68. The number of esters is 1. The number of benzene rings is 2. The van der Waals surface area contributed by atoms with Gasteiger partial charge in [0.1, 0.15) is 5.75 Å². The number of carbonyl (C=O) groups excluding carboxylic acids is 2. The summed E-state index contributed by atoms with van der Waals surface area (Å²) in [6.07, 6.45) is 1.63. The summed E-state index contributed by atoms with van der Waals surface area (Å²) in [4.78, 5) is 25.2. The Bertz CT molecular complexity index is 1050. The van der Waals surface area contributed by atoms with Crippen LogP contribution in [0, 0.1) is 0 Å². The minimum atomic E-state index is -3.70. The lowest BCUT2D eigenvalue weighted by Crippen LogP contribution is -2.28. The molecule has 1 fully saturated rings. The SMILES string of the molecule is CCOC(=O)c1ccccc1NC(=O)c1cc(S(=O)(=O)N2CCCC2)ccc1OC. The predicted octanol–water partition coefficient (Wildman–Crippen LogP) is 2.91. The Labute approximate surface area is 175 Å². The molecule has 0 bridgehead atoms. The zero-order valence-corrected chi connectivity index (χ0v) is 17.7. The number of para-hydroxylation sites is 1. The minimum Gasteiger partial charge on any atom is -0.496 e. The van der Waals surface area contributed by atoms with Crippen LogP contribution in [0.2, 0.25) is 0 Å². The first kappa shape index (κ1) is 21.8. The average molecular weight is 432 g/mol. The Morgan fingerprint density at radius 3 is 2.43 bits per heavy atom. The van der Waals surface area contributed by atoms with Crippen LogP contribution < -0.4 is 10.1 Å². The van der Waals surface area contributed by atoms with Crippen molar-refractivity contribution in [2.45, 2.75) is 24.7 Å². The molecule has 0 spiro atoms. The van der Waals surface area contributed by atoms with Gasteiger partial charge in [-0.2, -0.15) is 4.31 Å². The Kier molecular flexibility index (Phi) is 6.73. The summed E-state index contributed by atoms with van der Waals surface area (Å²) in [5, 5.41) is 2.66. The highest BCUT2D eigenvalue weighted by Gasteiger charge is 2.29. The summed E-state index contributed by atoms with van der Waals surface area (Å²) < 4.78 is 37.4. The Morgan fingerprint density at radius 1 is 1.07 bits per heavy atom. The molecule has 1 aliphatic rings. The first-order valence-electron chi connectivity index (χ1n) is 9.64. The van der Waals surface area contributed by atoms with Crippen LogP contribution in [0.4, 0.5) is 5.69 Å². The summed E-state index contributed by atoms with van der Waals surface area (Å²) in [7, 11) is -2.30. The number of anilines is 1. The molecule has 0 aliphatic carbocycles. The van der Waals surface area contributed by atoms with Gasteiger partial charge in [0.15, 0.2) is 0 Å². The van der Waals surface area contributed by atoms with Crippen molar-refractivity contribution in [3.05, 3.63) is 53.6 Å². The number of nitrogens with one attached hydrogen (secondary N) is 1. The monoisotopic (exact) mass is 432 g/mol. The maximum absolute atomic E-state index is 13.0. The molecule has 0 unspecified atom stereocenters. The molecule has 1 amide bonds.